The lowest BCUT2D eigenvalue weighted by Crippen LogP contribution is -2.19. The predicted octanol–water partition coefficient (Wildman–Crippen LogP) is 2.22. The lowest BCUT2D eigenvalue weighted by atomic mass is 10.1. The molecule has 18 heavy (non-hydrogen) atoms. The molecule has 0 radical (unpaired) electrons. The first-order chi connectivity index (χ1) is 8.61. The van der Waals surface area contributed by atoms with Crippen LogP contribution in [0.3, 0.4) is 0 Å². The van der Waals surface area contributed by atoms with Crippen LogP contribution in [0.2, 0.25) is 0 Å². The van der Waals surface area contributed by atoms with E-state index in [1.807, 2.05) is 6.92 Å². The normalized spacial score (nSPS) is 10.1. The molecule has 4 heteroatoms. The van der Waals surface area contributed by atoms with Crippen LogP contribution in [0.5, 0.6) is 0 Å². The van der Waals surface area contributed by atoms with E-state index in [2.05, 4.69) is 0 Å². The summed E-state index contributed by atoms with van der Waals surface area (Å²) in [6.07, 6.45) is 1.62. The van der Waals surface area contributed by atoms with Gasteiger partial charge in [0.05, 0.1) is 12.1 Å². The van der Waals surface area contributed by atoms with Crippen LogP contribution < -0.4 is 5.56 Å². The van der Waals surface area contributed by atoms with E-state index >= 15 is 0 Å². The molecule has 0 fully saturated rings. The Bertz CT molecular complexity index is 683. The predicted molar refractivity (Wildman–Crippen MR) is 65.7 cm³/mol. The van der Waals surface area contributed by atoms with Crippen molar-refractivity contribution in [1.82, 2.24) is 4.57 Å². The fraction of sp³-hybridized carbons (Fsp3) is 0.143. The molecule has 90 valence electrons. The maximum Gasteiger partial charge on any atom is 0.251 e. The second-order valence-electron chi connectivity index (χ2n) is 4.06. The van der Waals surface area contributed by atoms with Crippen molar-refractivity contribution in [1.29, 1.82) is 5.26 Å². The van der Waals surface area contributed by atoms with Gasteiger partial charge in [-0.05, 0) is 24.6 Å². The van der Waals surface area contributed by atoms with E-state index in [4.69, 9.17) is 5.26 Å². The first-order valence-electron chi connectivity index (χ1n) is 5.46. The molecule has 0 saturated heterocycles. The van der Waals surface area contributed by atoms with Crippen molar-refractivity contribution >= 4 is 0 Å². The molecule has 0 amide bonds. The minimum absolute atomic E-state index is 0.00680. The zero-order valence-corrected chi connectivity index (χ0v) is 9.85. The van der Waals surface area contributed by atoms with Crippen LogP contribution in [-0.4, -0.2) is 4.57 Å². The minimum Gasteiger partial charge on any atom is -0.311 e. The number of hydrogen-bond donors (Lipinski definition) is 0. The highest BCUT2D eigenvalue weighted by molar-refractivity contribution is 5.35. The Hall–Kier alpha value is -2.41. The lowest BCUT2D eigenvalue weighted by molar-refractivity contribution is 0.592. The number of aryl methyl sites for hydroxylation is 1. The molecule has 2 aromatic rings. The maximum atomic E-state index is 13.8. The van der Waals surface area contributed by atoms with E-state index in [1.165, 1.54) is 16.7 Å². The van der Waals surface area contributed by atoms with Gasteiger partial charge in [-0.1, -0.05) is 12.1 Å². The third-order valence-electron chi connectivity index (χ3n) is 2.69. The van der Waals surface area contributed by atoms with Crippen LogP contribution in [0.15, 0.2) is 41.3 Å². The van der Waals surface area contributed by atoms with E-state index in [0.717, 1.165) is 5.56 Å². The van der Waals surface area contributed by atoms with Crippen molar-refractivity contribution in [2.75, 3.05) is 0 Å². The number of nitriles is 1. The summed E-state index contributed by atoms with van der Waals surface area (Å²) in [4.78, 5) is 11.7. The molecule has 0 bridgehead atoms. The molecule has 1 aromatic heterocycles. The quantitative estimate of drug-likeness (QED) is 0.810. The number of hydrogen-bond acceptors (Lipinski definition) is 2. The zero-order chi connectivity index (χ0) is 13.1. The van der Waals surface area contributed by atoms with E-state index in [9.17, 15) is 9.18 Å². The second-order valence-corrected chi connectivity index (χ2v) is 4.06. The average Bonchev–Trinajstić information content (AvgIpc) is 2.35. The van der Waals surface area contributed by atoms with Crippen molar-refractivity contribution in [3.63, 3.8) is 0 Å². The van der Waals surface area contributed by atoms with Crippen molar-refractivity contribution in [2.24, 2.45) is 0 Å². The molecule has 0 N–H and O–H groups in total. The molecule has 0 aliphatic rings. The molecule has 0 aliphatic heterocycles. The van der Waals surface area contributed by atoms with Crippen LogP contribution in [0, 0.1) is 24.1 Å². The van der Waals surface area contributed by atoms with Gasteiger partial charge in [-0.2, -0.15) is 5.26 Å². The SMILES string of the molecule is Cc1ccn(Cc2cccc(C#N)c2F)c(=O)c1. The Morgan fingerprint density at radius 1 is 1.39 bits per heavy atom. The molecule has 2 rings (SSSR count). The summed E-state index contributed by atoms with van der Waals surface area (Å²) in [7, 11) is 0. The van der Waals surface area contributed by atoms with E-state index in [0.29, 0.717) is 5.56 Å². The van der Waals surface area contributed by atoms with Gasteiger partial charge in [0.1, 0.15) is 11.9 Å². The Kier molecular flexibility index (Phi) is 3.24. The molecule has 0 unspecified atom stereocenters. The largest absolute Gasteiger partial charge is 0.311 e. The molecule has 0 aliphatic carbocycles. The van der Waals surface area contributed by atoms with Gasteiger partial charge in [0.25, 0.3) is 5.56 Å². The lowest BCUT2D eigenvalue weighted by Gasteiger charge is -2.07. The fourth-order valence-corrected chi connectivity index (χ4v) is 1.71. The first-order valence-corrected chi connectivity index (χ1v) is 5.46. The third-order valence-corrected chi connectivity index (χ3v) is 2.69. The summed E-state index contributed by atoms with van der Waals surface area (Å²) in [5.41, 5.74) is 1.01. The number of aromatic nitrogens is 1. The van der Waals surface area contributed by atoms with Crippen LogP contribution in [0.25, 0.3) is 0 Å². The molecular weight excluding hydrogens is 231 g/mol. The van der Waals surface area contributed by atoms with Crippen molar-refractivity contribution < 1.29 is 4.39 Å². The minimum atomic E-state index is -0.563. The fourth-order valence-electron chi connectivity index (χ4n) is 1.71. The van der Waals surface area contributed by atoms with Crippen LogP contribution in [0.4, 0.5) is 4.39 Å². The van der Waals surface area contributed by atoms with Crippen LogP contribution in [-0.2, 0) is 6.54 Å². The summed E-state index contributed by atoms with van der Waals surface area (Å²) in [5.74, 6) is -0.563. The van der Waals surface area contributed by atoms with Crippen molar-refractivity contribution in [3.05, 3.63) is 69.4 Å². The molecule has 1 heterocycles. The Labute approximate surface area is 104 Å². The summed E-state index contributed by atoms with van der Waals surface area (Å²) in [5, 5.41) is 8.74. The van der Waals surface area contributed by atoms with Gasteiger partial charge in [0.2, 0.25) is 0 Å². The molecule has 0 saturated carbocycles. The number of halogens is 1. The van der Waals surface area contributed by atoms with Crippen LogP contribution >= 0.6 is 0 Å². The van der Waals surface area contributed by atoms with Crippen LogP contribution in [0.1, 0.15) is 16.7 Å². The molecule has 3 nitrogen and oxygen atoms in total. The van der Waals surface area contributed by atoms with Crippen molar-refractivity contribution in [2.45, 2.75) is 13.5 Å². The van der Waals surface area contributed by atoms with Gasteiger partial charge in [0.15, 0.2) is 0 Å². The maximum absolute atomic E-state index is 13.8. The summed E-state index contributed by atoms with van der Waals surface area (Å²) in [6, 6.07) is 9.65. The molecule has 0 atom stereocenters. The number of benzene rings is 1. The van der Waals surface area contributed by atoms with Gasteiger partial charge in [-0.15, -0.1) is 0 Å². The van der Waals surface area contributed by atoms with E-state index in [-0.39, 0.29) is 17.7 Å². The Morgan fingerprint density at radius 2 is 2.17 bits per heavy atom. The average molecular weight is 242 g/mol. The third kappa shape index (κ3) is 2.30. The van der Waals surface area contributed by atoms with Gasteiger partial charge in [-0.25, -0.2) is 4.39 Å². The van der Waals surface area contributed by atoms with E-state index < -0.39 is 5.82 Å². The highest BCUT2D eigenvalue weighted by Gasteiger charge is 2.08. The smallest absolute Gasteiger partial charge is 0.251 e. The molecule has 0 spiro atoms. The van der Waals surface area contributed by atoms with Gasteiger partial charge in [0, 0.05) is 17.8 Å². The number of pyridine rings is 1. The monoisotopic (exact) mass is 242 g/mol. The Morgan fingerprint density at radius 3 is 2.83 bits per heavy atom. The highest BCUT2D eigenvalue weighted by atomic mass is 19.1. The molecular formula is C14H11FN2O. The van der Waals surface area contributed by atoms with Gasteiger partial charge in [-0.3, -0.25) is 4.79 Å². The van der Waals surface area contributed by atoms with E-state index in [1.54, 1.807) is 30.5 Å². The van der Waals surface area contributed by atoms with Crippen molar-refractivity contribution in [3.8, 4) is 6.07 Å². The second kappa shape index (κ2) is 4.84. The van der Waals surface area contributed by atoms with Gasteiger partial charge < -0.3 is 4.57 Å². The summed E-state index contributed by atoms with van der Waals surface area (Å²) >= 11 is 0. The molecule has 1 aromatic carbocycles. The zero-order valence-electron chi connectivity index (χ0n) is 9.85. The standard InChI is InChI=1S/C14H11FN2O/c1-10-5-6-17(13(18)7-10)9-12-4-2-3-11(8-16)14(12)15/h2-7H,9H2,1H3. The summed E-state index contributed by atoms with van der Waals surface area (Å²) in [6.45, 7) is 1.95. The Balaban J connectivity index is 2.41. The first kappa shape index (κ1) is 12.1. The highest BCUT2D eigenvalue weighted by Crippen LogP contribution is 2.12. The topological polar surface area (TPSA) is 45.8 Å². The summed E-state index contributed by atoms with van der Waals surface area (Å²) < 4.78 is 15.2. The number of rotatable bonds is 2. The van der Waals surface area contributed by atoms with Gasteiger partial charge >= 0.3 is 0 Å². The number of nitrogens with zero attached hydrogens (tertiary/aromatic N) is 2.